The van der Waals surface area contributed by atoms with Crippen LogP contribution in [0.15, 0.2) is 4.99 Å². The summed E-state index contributed by atoms with van der Waals surface area (Å²) in [4.78, 5) is 7.37. The van der Waals surface area contributed by atoms with Crippen molar-refractivity contribution >= 4 is 29.9 Å². The molecule has 0 aromatic rings. The molecule has 162 valence electrons. The highest BCUT2D eigenvalue weighted by Crippen LogP contribution is 2.20. The molecule has 1 aliphatic rings. The van der Waals surface area contributed by atoms with Gasteiger partial charge >= 0.3 is 0 Å². The van der Waals surface area contributed by atoms with Crippen LogP contribution in [0.25, 0.3) is 0 Å². The van der Waals surface area contributed by atoms with E-state index in [1.165, 1.54) is 38.9 Å². The average Bonchev–Trinajstić information content (AvgIpc) is 2.58. The Bertz CT molecular complexity index is 365. The number of guanidine groups is 1. The molecular formula is C21H45IN4O. The standard InChI is InChI=1S/C21H44N4O.HI/c1-5-9-20(10-13-26)15-24-21(22-6-2)23-11-7-8-12-25-16-18(3)14-19(4)17-25;/h18-20,26H,5-17H2,1-4H3,(H2,22,23,24);1H. The lowest BCUT2D eigenvalue weighted by atomic mass is 9.92. The van der Waals surface area contributed by atoms with Crippen LogP contribution in [0.1, 0.15) is 66.2 Å². The van der Waals surface area contributed by atoms with E-state index in [2.05, 4.69) is 43.2 Å². The predicted molar refractivity (Wildman–Crippen MR) is 128 cm³/mol. The summed E-state index contributed by atoms with van der Waals surface area (Å²) < 4.78 is 0. The molecule has 0 spiro atoms. The lowest BCUT2D eigenvalue weighted by molar-refractivity contribution is 0.139. The second-order valence-corrected chi connectivity index (χ2v) is 8.23. The first kappa shape index (κ1) is 26.9. The Hall–Kier alpha value is -0.0800. The van der Waals surface area contributed by atoms with E-state index in [0.717, 1.165) is 56.7 Å². The van der Waals surface area contributed by atoms with Crippen LogP contribution in [-0.2, 0) is 0 Å². The van der Waals surface area contributed by atoms with Crippen molar-refractivity contribution < 1.29 is 5.11 Å². The van der Waals surface area contributed by atoms with Crippen molar-refractivity contribution in [2.24, 2.45) is 22.7 Å². The maximum absolute atomic E-state index is 9.19. The second kappa shape index (κ2) is 16.8. The number of hydrogen-bond donors (Lipinski definition) is 3. The van der Waals surface area contributed by atoms with Crippen LogP contribution in [0.5, 0.6) is 0 Å². The molecule has 0 aromatic heterocycles. The number of aliphatic imine (C=N–C) groups is 1. The Morgan fingerprint density at radius 1 is 1.11 bits per heavy atom. The number of likely N-dealkylation sites (tertiary alicyclic amines) is 1. The van der Waals surface area contributed by atoms with Gasteiger partial charge in [-0.25, -0.2) is 0 Å². The van der Waals surface area contributed by atoms with Crippen LogP contribution in [0.4, 0.5) is 0 Å². The first-order valence-electron chi connectivity index (χ1n) is 10.9. The minimum atomic E-state index is 0. The van der Waals surface area contributed by atoms with Gasteiger partial charge in [0, 0.05) is 39.3 Å². The molecular weight excluding hydrogens is 451 g/mol. The zero-order valence-corrected chi connectivity index (χ0v) is 20.5. The smallest absolute Gasteiger partial charge is 0.191 e. The SMILES string of the molecule is CCCC(CCO)CN=C(NCC)NCCCCN1CC(C)CC(C)C1.I. The van der Waals surface area contributed by atoms with Crippen LogP contribution in [-0.4, -0.2) is 61.8 Å². The molecule has 3 N–H and O–H groups in total. The average molecular weight is 497 g/mol. The van der Waals surface area contributed by atoms with Crippen molar-refractivity contribution in [2.45, 2.75) is 66.2 Å². The number of rotatable bonds is 12. The third-order valence-electron chi connectivity index (χ3n) is 5.22. The van der Waals surface area contributed by atoms with Gasteiger partial charge in [-0.2, -0.15) is 0 Å². The summed E-state index contributed by atoms with van der Waals surface area (Å²) in [5, 5.41) is 16.0. The van der Waals surface area contributed by atoms with Gasteiger partial charge in [0.25, 0.3) is 0 Å². The largest absolute Gasteiger partial charge is 0.396 e. The summed E-state index contributed by atoms with van der Waals surface area (Å²) in [6, 6.07) is 0. The molecule has 0 aliphatic carbocycles. The number of piperidine rings is 1. The van der Waals surface area contributed by atoms with Gasteiger partial charge in [0.1, 0.15) is 0 Å². The van der Waals surface area contributed by atoms with Crippen LogP contribution in [0.2, 0.25) is 0 Å². The van der Waals surface area contributed by atoms with E-state index in [0.29, 0.717) is 5.92 Å². The number of nitrogens with one attached hydrogen (secondary N) is 2. The third kappa shape index (κ3) is 12.9. The highest BCUT2D eigenvalue weighted by Gasteiger charge is 2.20. The van der Waals surface area contributed by atoms with Gasteiger partial charge in [0.15, 0.2) is 5.96 Å². The van der Waals surface area contributed by atoms with Crippen molar-refractivity contribution in [2.75, 3.05) is 45.9 Å². The maximum Gasteiger partial charge on any atom is 0.191 e. The molecule has 5 nitrogen and oxygen atoms in total. The van der Waals surface area contributed by atoms with E-state index in [9.17, 15) is 5.11 Å². The van der Waals surface area contributed by atoms with Gasteiger partial charge in [-0.3, -0.25) is 4.99 Å². The van der Waals surface area contributed by atoms with Gasteiger partial charge in [-0.05, 0) is 63.3 Å². The van der Waals surface area contributed by atoms with Gasteiger partial charge in [0.2, 0.25) is 0 Å². The Balaban J connectivity index is 0.00000676. The van der Waals surface area contributed by atoms with Gasteiger partial charge in [0.05, 0.1) is 0 Å². The number of aliphatic hydroxyl groups excluding tert-OH is 1. The number of nitrogens with zero attached hydrogens (tertiary/aromatic N) is 2. The van der Waals surface area contributed by atoms with Gasteiger partial charge < -0.3 is 20.6 Å². The lowest BCUT2D eigenvalue weighted by Crippen LogP contribution is -2.40. The minimum absolute atomic E-state index is 0. The molecule has 27 heavy (non-hydrogen) atoms. The van der Waals surface area contributed by atoms with Crippen molar-refractivity contribution in [1.29, 1.82) is 0 Å². The Morgan fingerprint density at radius 2 is 1.81 bits per heavy atom. The predicted octanol–water partition coefficient (Wildman–Crippen LogP) is 3.72. The number of halogens is 1. The summed E-state index contributed by atoms with van der Waals surface area (Å²) in [5.41, 5.74) is 0. The van der Waals surface area contributed by atoms with E-state index >= 15 is 0 Å². The summed E-state index contributed by atoms with van der Waals surface area (Å²) in [6.07, 6.45) is 6.95. The number of hydrogen-bond acceptors (Lipinski definition) is 3. The van der Waals surface area contributed by atoms with Crippen molar-refractivity contribution in [3.8, 4) is 0 Å². The molecule has 1 fully saturated rings. The molecule has 1 heterocycles. The molecule has 3 atom stereocenters. The Morgan fingerprint density at radius 3 is 2.41 bits per heavy atom. The molecule has 1 aliphatic heterocycles. The minimum Gasteiger partial charge on any atom is -0.396 e. The monoisotopic (exact) mass is 496 g/mol. The molecule has 0 bridgehead atoms. The first-order chi connectivity index (χ1) is 12.6. The zero-order chi connectivity index (χ0) is 19.2. The topological polar surface area (TPSA) is 59.9 Å². The summed E-state index contributed by atoms with van der Waals surface area (Å²) in [5.74, 6) is 3.11. The van der Waals surface area contributed by atoms with Crippen molar-refractivity contribution in [1.82, 2.24) is 15.5 Å². The molecule has 6 heteroatoms. The molecule has 3 unspecified atom stereocenters. The lowest BCUT2D eigenvalue weighted by Gasteiger charge is -2.34. The number of unbranched alkanes of at least 4 members (excludes halogenated alkanes) is 1. The zero-order valence-electron chi connectivity index (χ0n) is 18.2. The normalized spacial score (nSPS) is 22.2. The molecule has 0 radical (unpaired) electrons. The van der Waals surface area contributed by atoms with Gasteiger partial charge in [-0.15, -0.1) is 24.0 Å². The molecule has 0 aromatic carbocycles. The fraction of sp³-hybridized carbons (Fsp3) is 0.952. The second-order valence-electron chi connectivity index (χ2n) is 8.23. The van der Waals surface area contributed by atoms with Gasteiger partial charge in [-0.1, -0.05) is 27.2 Å². The van der Waals surface area contributed by atoms with Crippen molar-refractivity contribution in [3.05, 3.63) is 0 Å². The fourth-order valence-electron chi connectivity index (χ4n) is 4.12. The van der Waals surface area contributed by atoms with Crippen LogP contribution < -0.4 is 10.6 Å². The molecule has 0 saturated carbocycles. The summed E-state index contributed by atoms with van der Waals surface area (Å²) >= 11 is 0. The van der Waals surface area contributed by atoms with Crippen LogP contribution in [0.3, 0.4) is 0 Å². The van der Waals surface area contributed by atoms with E-state index in [1.54, 1.807) is 0 Å². The van der Waals surface area contributed by atoms with Crippen LogP contribution in [0, 0.1) is 17.8 Å². The Labute approximate surface area is 185 Å². The fourth-order valence-corrected chi connectivity index (χ4v) is 4.12. The van der Waals surface area contributed by atoms with E-state index in [1.807, 2.05) is 0 Å². The third-order valence-corrected chi connectivity index (χ3v) is 5.22. The van der Waals surface area contributed by atoms with E-state index < -0.39 is 0 Å². The maximum atomic E-state index is 9.19. The summed E-state index contributed by atoms with van der Waals surface area (Å²) in [7, 11) is 0. The van der Waals surface area contributed by atoms with E-state index in [4.69, 9.17) is 4.99 Å². The summed E-state index contributed by atoms with van der Waals surface area (Å²) in [6.45, 7) is 15.7. The van der Waals surface area contributed by atoms with E-state index in [-0.39, 0.29) is 30.6 Å². The molecule has 1 saturated heterocycles. The highest BCUT2D eigenvalue weighted by atomic mass is 127. The Kier molecular flexibility index (Phi) is 16.8. The highest BCUT2D eigenvalue weighted by molar-refractivity contribution is 14.0. The molecule has 0 amide bonds. The van der Waals surface area contributed by atoms with Crippen molar-refractivity contribution in [3.63, 3.8) is 0 Å². The number of aliphatic hydroxyl groups is 1. The van der Waals surface area contributed by atoms with Crippen LogP contribution >= 0.6 is 24.0 Å². The quantitative estimate of drug-likeness (QED) is 0.167. The first-order valence-corrected chi connectivity index (χ1v) is 10.9. The molecule has 1 rings (SSSR count).